The van der Waals surface area contributed by atoms with Crippen molar-refractivity contribution in [3.63, 3.8) is 0 Å². The predicted octanol–water partition coefficient (Wildman–Crippen LogP) is 5.08. The number of nitrogens with one attached hydrogen (secondary N) is 3. The average Bonchev–Trinajstić information content (AvgIpc) is 2.91. The Kier molecular flexibility index (Phi) is 13.6. The van der Waals surface area contributed by atoms with Gasteiger partial charge in [0.25, 0.3) is 0 Å². The van der Waals surface area contributed by atoms with E-state index in [2.05, 4.69) is 29.8 Å². The largest absolute Gasteiger partial charge is 0.389 e. The van der Waals surface area contributed by atoms with Crippen molar-refractivity contribution in [3.8, 4) is 0 Å². The van der Waals surface area contributed by atoms with Crippen molar-refractivity contribution < 1.29 is 23.1 Å². The topological polar surface area (TPSA) is 128 Å². The van der Waals surface area contributed by atoms with Crippen molar-refractivity contribution >= 4 is 28.0 Å². The molecule has 0 bridgehead atoms. The molecule has 3 atom stereocenters. The summed E-state index contributed by atoms with van der Waals surface area (Å²) in [7, 11) is -3.99. The van der Waals surface area contributed by atoms with E-state index in [0.717, 1.165) is 27.3 Å². The van der Waals surface area contributed by atoms with Crippen molar-refractivity contribution in [3.05, 3.63) is 77.2 Å². The van der Waals surface area contributed by atoms with E-state index in [4.69, 9.17) is 0 Å². The quantitative estimate of drug-likeness (QED) is 0.232. The zero-order chi connectivity index (χ0) is 33.1. The summed E-state index contributed by atoms with van der Waals surface area (Å²) in [5.41, 5.74) is 0.212. The van der Waals surface area contributed by atoms with Crippen LogP contribution >= 0.6 is 0 Å². The van der Waals surface area contributed by atoms with Crippen molar-refractivity contribution in [2.24, 2.45) is 5.92 Å². The van der Waals surface area contributed by atoms with Crippen LogP contribution in [0, 0.1) is 5.92 Å². The number of amides is 3. The summed E-state index contributed by atoms with van der Waals surface area (Å²) < 4.78 is 28.0. The van der Waals surface area contributed by atoms with E-state index in [-0.39, 0.29) is 6.42 Å². The fraction of sp³-hybridized carbons (Fsp3) is 0.529. The molecule has 1 unspecified atom stereocenters. The van der Waals surface area contributed by atoms with Gasteiger partial charge in [-0.3, -0.25) is 4.79 Å². The first kappa shape index (κ1) is 37.0. The highest BCUT2D eigenvalue weighted by Gasteiger charge is 2.35. The van der Waals surface area contributed by atoms with E-state index < -0.39 is 57.8 Å². The monoisotopic (exact) mass is 628 g/mol. The Morgan fingerprint density at radius 1 is 0.864 bits per heavy atom. The molecule has 0 radical (unpaired) electrons. The molecule has 2 aromatic carbocycles. The van der Waals surface area contributed by atoms with Crippen LogP contribution in [0.25, 0.3) is 6.08 Å². The number of carbonyl (C=O) groups excluding carboxylic acids is 2. The number of rotatable bonds is 14. The molecule has 0 saturated heterocycles. The Labute approximate surface area is 264 Å². The van der Waals surface area contributed by atoms with E-state index in [1.165, 1.54) is 6.08 Å². The number of hydrogen-bond donors (Lipinski definition) is 4. The summed E-state index contributed by atoms with van der Waals surface area (Å²) in [6.07, 6.45) is 1.87. The van der Waals surface area contributed by atoms with Crippen molar-refractivity contribution in [2.45, 2.75) is 104 Å². The van der Waals surface area contributed by atoms with Crippen LogP contribution in [-0.2, 0) is 21.2 Å². The van der Waals surface area contributed by atoms with Crippen molar-refractivity contribution in [1.29, 1.82) is 0 Å². The van der Waals surface area contributed by atoms with Gasteiger partial charge in [0.2, 0.25) is 15.9 Å². The highest BCUT2D eigenvalue weighted by molar-refractivity contribution is 7.92. The van der Waals surface area contributed by atoms with E-state index in [0.29, 0.717) is 12.3 Å². The van der Waals surface area contributed by atoms with Crippen molar-refractivity contribution in [2.75, 3.05) is 6.54 Å². The lowest BCUT2D eigenvalue weighted by molar-refractivity contribution is -0.123. The number of sulfonamides is 1. The Morgan fingerprint density at radius 2 is 1.43 bits per heavy atom. The number of aliphatic hydroxyl groups excluding tert-OH is 1. The third-order valence-electron chi connectivity index (χ3n) is 6.90. The maximum Gasteiger partial charge on any atom is 0.315 e. The number of nitrogens with zero attached hydrogens (tertiary/aromatic N) is 1. The van der Waals surface area contributed by atoms with Crippen LogP contribution in [0.4, 0.5) is 4.79 Å². The van der Waals surface area contributed by atoms with Gasteiger partial charge in [-0.25, -0.2) is 13.2 Å². The van der Waals surface area contributed by atoms with Crippen LogP contribution in [0.1, 0.15) is 79.4 Å². The maximum atomic E-state index is 13.6. The fourth-order valence-corrected chi connectivity index (χ4v) is 6.22. The number of aliphatic hydroxyl groups is 1. The predicted molar refractivity (Wildman–Crippen MR) is 178 cm³/mol. The van der Waals surface area contributed by atoms with Crippen LogP contribution in [-0.4, -0.2) is 65.6 Å². The molecule has 3 amide bonds. The second-order valence-corrected chi connectivity index (χ2v) is 15.5. The maximum absolute atomic E-state index is 13.6. The van der Waals surface area contributed by atoms with Crippen LogP contribution < -0.4 is 16.0 Å². The molecule has 2 rings (SSSR count). The van der Waals surface area contributed by atoms with Gasteiger partial charge in [-0.2, -0.15) is 4.31 Å². The molecule has 0 fully saturated rings. The molecular formula is C34H52N4O5S. The van der Waals surface area contributed by atoms with Crippen LogP contribution in [0.5, 0.6) is 0 Å². The number of hydrogen-bond acceptors (Lipinski definition) is 5. The van der Waals surface area contributed by atoms with Crippen LogP contribution in [0.2, 0.25) is 0 Å². The zero-order valence-electron chi connectivity index (χ0n) is 27.5. The summed E-state index contributed by atoms with van der Waals surface area (Å²) in [6.45, 7) is 14.5. The Morgan fingerprint density at radius 3 is 1.95 bits per heavy atom. The summed E-state index contributed by atoms with van der Waals surface area (Å²) >= 11 is 0. The smallest absolute Gasteiger partial charge is 0.315 e. The number of urea groups is 1. The Balaban J connectivity index is 2.35. The lowest BCUT2D eigenvalue weighted by Gasteiger charge is -2.35. The highest BCUT2D eigenvalue weighted by atomic mass is 32.2. The fourth-order valence-electron chi connectivity index (χ4n) is 4.69. The summed E-state index contributed by atoms with van der Waals surface area (Å²) in [6, 6.07) is 16.6. The van der Waals surface area contributed by atoms with Gasteiger partial charge in [0, 0.05) is 16.5 Å². The zero-order valence-corrected chi connectivity index (χ0v) is 28.3. The highest BCUT2D eigenvalue weighted by Crippen LogP contribution is 2.21. The molecule has 0 saturated carbocycles. The Bertz CT molecular complexity index is 1320. The second kappa shape index (κ2) is 16.2. The Hall–Kier alpha value is -3.21. The van der Waals surface area contributed by atoms with Gasteiger partial charge in [-0.1, -0.05) is 74.5 Å². The normalized spacial score (nSPS) is 14.8. The second-order valence-electron chi connectivity index (χ2n) is 13.7. The average molecular weight is 629 g/mol. The number of carbonyl (C=O) groups is 2. The number of benzene rings is 2. The van der Waals surface area contributed by atoms with Gasteiger partial charge in [0.15, 0.2) is 0 Å². The lowest BCUT2D eigenvalue weighted by Crippen LogP contribution is -2.59. The van der Waals surface area contributed by atoms with Crippen LogP contribution in [0.3, 0.4) is 0 Å². The van der Waals surface area contributed by atoms with E-state index in [9.17, 15) is 23.1 Å². The molecule has 0 heterocycles. The molecule has 0 aliphatic rings. The van der Waals surface area contributed by atoms with Gasteiger partial charge in [0.05, 0.1) is 24.7 Å². The minimum absolute atomic E-state index is 0.282. The first-order valence-corrected chi connectivity index (χ1v) is 16.7. The molecule has 2 aromatic rings. The molecule has 10 heteroatoms. The van der Waals surface area contributed by atoms with E-state index in [1.54, 1.807) is 32.9 Å². The van der Waals surface area contributed by atoms with E-state index in [1.807, 2.05) is 69.3 Å². The summed E-state index contributed by atoms with van der Waals surface area (Å²) in [5.74, 6) is -0.229. The molecule has 0 aromatic heterocycles. The van der Waals surface area contributed by atoms with Gasteiger partial charge < -0.3 is 21.1 Å². The van der Waals surface area contributed by atoms with Gasteiger partial charge in [-0.05, 0) is 83.9 Å². The van der Waals surface area contributed by atoms with Crippen molar-refractivity contribution in [1.82, 2.24) is 20.3 Å². The minimum atomic E-state index is -3.99. The third-order valence-corrected chi connectivity index (χ3v) is 8.68. The molecular weight excluding hydrogens is 576 g/mol. The molecule has 9 nitrogen and oxygen atoms in total. The first-order valence-electron chi connectivity index (χ1n) is 15.2. The standard InChI is InChI=1S/C34H52N4O5S/c1-25(2)19-20-28(36-32(41)37-33(3,4)5)31(40)29(23-27-17-13-10-14-18-27)35-30(39)24-38(34(6,7)8)44(42,43)22-21-26-15-11-9-12-16-26/h9-18,21-22,25,28-29,31,40H,19-20,23-24H2,1-8H3,(H,35,39)(H2,36,37,41)/b22-21+/t28?,29-,31-/m0/s1. The molecule has 0 aliphatic carbocycles. The first-order chi connectivity index (χ1) is 20.4. The minimum Gasteiger partial charge on any atom is -0.389 e. The van der Waals surface area contributed by atoms with Crippen LogP contribution in [0.15, 0.2) is 66.1 Å². The molecule has 0 spiro atoms. The summed E-state index contributed by atoms with van der Waals surface area (Å²) in [5, 5.41) is 21.5. The van der Waals surface area contributed by atoms with Gasteiger partial charge in [0.1, 0.15) is 0 Å². The van der Waals surface area contributed by atoms with Gasteiger partial charge in [-0.15, -0.1) is 0 Å². The van der Waals surface area contributed by atoms with E-state index >= 15 is 0 Å². The third kappa shape index (κ3) is 13.2. The SMILES string of the molecule is CC(C)CCC(NC(=O)NC(C)(C)C)[C@H](O)[C@H](Cc1ccccc1)NC(=O)CN(C(C)(C)C)S(=O)(=O)/C=C/c1ccccc1. The molecule has 244 valence electrons. The molecule has 4 N–H and O–H groups in total. The van der Waals surface area contributed by atoms with Gasteiger partial charge >= 0.3 is 6.03 Å². The molecule has 44 heavy (non-hydrogen) atoms. The molecule has 0 aliphatic heterocycles. The summed E-state index contributed by atoms with van der Waals surface area (Å²) in [4.78, 5) is 26.4. The lowest BCUT2D eigenvalue weighted by atomic mass is 9.92.